The number of rotatable bonds is 7. The lowest BCUT2D eigenvalue weighted by Gasteiger charge is -2.21. The number of sulfone groups is 1. The van der Waals surface area contributed by atoms with Crippen molar-refractivity contribution in [3.63, 3.8) is 0 Å². The highest BCUT2D eigenvalue weighted by Gasteiger charge is 2.31. The first-order valence-electron chi connectivity index (χ1n) is 7.99. The Bertz CT molecular complexity index is 960. The number of hydrogen-bond acceptors (Lipinski definition) is 6. The third kappa shape index (κ3) is 5.27. The zero-order chi connectivity index (χ0) is 20.4. The molecule has 0 aromatic heterocycles. The fraction of sp³-hybridized carbons (Fsp3) is 0.467. The highest BCUT2D eigenvalue weighted by molar-refractivity contribution is 9.10. The molecule has 2 rings (SSSR count). The highest BCUT2D eigenvalue weighted by atomic mass is 79.9. The standard InChI is InChI=1S/C15H19BrN2O7S2/c1-2-18(8-14(19)17-10-5-6-26(22,23)9-10)27(24,25)11-3-4-13(16)12(7-11)15(20)21/h3-4,7,10H,2,5-6,8-9H2,1H3,(H,17,19)(H,20,21)/t10-/m1/s1. The molecule has 12 heteroatoms. The van der Waals surface area contributed by atoms with Crippen molar-refractivity contribution in [1.82, 2.24) is 9.62 Å². The van der Waals surface area contributed by atoms with Crippen molar-refractivity contribution in [1.29, 1.82) is 0 Å². The van der Waals surface area contributed by atoms with Gasteiger partial charge in [0, 0.05) is 17.1 Å². The van der Waals surface area contributed by atoms with Gasteiger partial charge in [0.2, 0.25) is 15.9 Å². The van der Waals surface area contributed by atoms with Gasteiger partial charge in [-0.05, 0) is 40.5 Å². The number of carbonyl (C=O) groups excluding carboxylic acids is 1. The lowest BCUT2D eigenvalue weighted by atomic mass is 10.2. The van der Waals surface area contributed by atoms with E-state index in [0.717, 1.165) is 10.4 Å². The monoisotopic (exact) mass is 482 g/mol. The van der Waals surface area contributed by atoms with E-state index >= 15 is 0 Å². The number of hydrogen-bond donors (Lipinski definition) is 2. The minimum Gasteiger partial charge on any atom is -0.478 e. The number of nitrogens with one attached hydrogen (secondary N) is 1. The SMILES string of the molecule is CCN(CC(=O)N[C@@H]1CCS(=O)(=O)C1)S(=O)(=O)c1ccc(Br)c(C(=O)O)c1. The number of benzene rings is 1. The van der Waals surface area contributed by atoms with Crippen molar-refractivity contribution in [2.75, 3.05) is 24.6 Å². The Hall–Kier alpha value is -1.50. The van der Waals surface area contributed by atoms with Gasteiger partial charge >= 0.3 is 5.97 Å². The van der Waals surface area contributed by atoms with Crippen molar-refractivity contribution in [2.45, 2.75) is 24.3 Å². The average molecular weight is 483 g/mol. The van der Waals surface area contributed by atoms with E-state index in [-0.39, 0.29) is 33.0 Å². The normalized spacial score (nSPS) is 19.1. The number of sulfonamides is 1. The van der Waals surface area contributed by atoms with Crippen LogP contribution in [0.5, 0.6) is 0 Å². The number of nitrogens with zero attached hydrogens (tertiary/aromatic N) is 1. The Kier molecular flexibility index (Phi) is 6.66. The van der Waals surface area contributed by atoms with Crippen LogP contribution in [0.15, 0.2) is 27.6 Å². The van der Waals surface area contributed by atoms with Crippen LogP contribution in [0.25, 0.3) is 0 Å². The number of carboxylic acid groups (broad SMARTS) is 1. The maximum absolute atomic E-state index is 12.8. The number of halogens is 1. The quantitative estimate of drug-likeness (QED) is 0.575. The Morgan fingerprint density at radius 3 is 2.56 bits per heavy atom. The van der Waals surface area contributed by atoms with Gasteiger partial charge in [-0.3, -0.25) is 4.79 Å². The maximum atomic E-state index is 12.8. The third-order valence-corrected chi connectivity index (χ3v) is 8.45. The summed E-state index contributed by atoms with van der Waals surface area (Å²) >= 11 is 3.05. The Morgan fingerprint density at radius 1 is 1.37 bits per heavy atom. The van der Waals surface area contributed by atoms with E-state index < -0.39 is 44.3 Å². The zero-order valence-corrected chi connectivity index (χ0v) is 17.6. The van der Waals surface area contributed by atoms with Crippen LogP contribution < -0.4 is 5.32 Å². The summed E-state index contributed by atoms with van der Waals surface area (Å²) in [6.45, 7) is 1.03. The number of likely N-dealkylation sites (N-methyl/N-ethyl adjacent to an activating group) is 1. The first kappa shape index (κ1) is 21.8. The predicted molar refractivity (Wildman–Crippen MR) is 101 cm³/mol. The molecule has 150 valence electrons. The van der Waals surface area contributed by atoms with E-state index in [4.69, 9.17) is 5.11 Å². The Balaban J connectivity index is 2.17. The predicted octanol–water partition coefficient (Wildman–Crippen LogP) is 0.461. The topological polar surface area (TPSA) is 138 Å². The molecule has 9 nitrogen and oxygen atoms in total. The molecule has 0 bridgehead atoms. The van der Waals surface area contributed by atoms with Gasteiger partial charge in [-0.1, -0.05) is 6.92 Å². The van der Waals surface area contributed by atoms with Gasteiger partial charge in [-0.2, -0.15) is 4.31 Å². The molecular weight excluding hydrogens is 464 g/mol. The van der Waals surface area contributed by atoms with Crippen molar-refractivity contribution in [2.24, 2.45) is 0 Å². The minimum absolute atomic E-state index is 0.00933. The Morgan fingerprint density at radius 2 is 2.04 bits per heavy atom. The summed E-state index contributed by atoms with van der Waals surface area (Å²) in [5.41, 5.74) is -0.215. The van der Waals surface area contributed by atoms with Gasteiger partial charge in [0.25, 0.3) is 0 Å². The van der Waals surface area contributed by atoms with E-state index in [1.807, 2.05) is 0 Å². The second-order valence-corrected chi connectivity index (χ2v) is 11.1. The van der Waals surface area contributed by atoms with Crippen LogP contribution in [-0.2, 0) is 24.7 Å². The summed E-state index contributed by atoms with van der Waals surface area (Å²) in [5, 5.41) is 11.7. The van der Waals surface area contributed by atoms with E-state index in [1.165, 1.54) is 12.1 Å². The second-order valence-electron chi connectivity index (χ2n) is 6.05. The van der Waals surface area contributed by atoms with Crippen LogP contribution >= 0.6 is 15.9 Å². The fourth-order valence-corrected chi connectivity index (χ4v) is 6.21. The summed E-state index contributed by atoms with van der Waals surface area (Å²) in [6.07, 6.45) is 0.293. The van der Waals surface area contributed by atoms with Gasteiger partial charge in [0.05, 0.1) is 28.5 Å². The van der Waals surface area contributed by atoms with Crippen molar-refractivity contribution in [3.05, 3.63) is 28.2 Å². The molecule has 1 saturated heterocycles. The summed E-state index contributed by atoms with van der Waals surface area (Å²) in [5.74, 6) is -2.07. The van der Waals surface area contributed by atoms with Crippen LogP contribution in [-0.4, -0.2) is 68.8 Å². The van der Waals surface area contributed by atoms with Crippen LogP contribution in [0.3, 0.4) is 0 Å². The Labute approximate surface area is 165 Å². The van der Waals surface area contributed by atoms with Crippen LogP contribution in [0.1, 0.15) is 23.7 Å². The molecule has 0 unspecified atom stereocenters. The number of amides is 1. The highest BCUT2D eigenvalue weighted by Crippen LogP contribution is 2.23. The van der Waals surface area contributed by atoms with E-state index in [0.29, 0.717) is 6.42 Å². The van der Waals surface area contributed by atoms with Crippen LogP contribution in [0.4, 0.5) is 0 Å². The van der Waals surface area contributed by atoms with Gasteiger partial charge in [0.1, 0.15) is 0 Å². The lowest BCUT2D eigenvalue weighted by molar-refractivity contribution is -0.121. The van der Waals surface area contributed by atoms with Crippen LogP contribution in [0, 0.1) is 0 Å². The van der Waals surface area contributed by atoms with Crippen molar-refractivity contribution < 1.29 is 31.5 Å². The second kappa shape index (κ2) is 8.25. The molecule has 0 aliphatic carbocycles. The molecule has 1 aliphatic heterocycles. The fourth-order valence-electron chi connectivity index (χ4n) is 2.69. The molecule has 27 heavy (non-hydrogen) atoms. The van der Waals surface area contributed by atoms with E-state index in [1.54, 1.807) is 6.92 Å². The maximum Gasteiger partial charge on any atom is 0.336 e. The molecule has 1 heterocycles. The minimum atomic E-state index is -4.11. The van der Waals surface area contributed by atoms with Gasteiger partial charge in [-0.15, -0.1) is 0 Å². The molecule has 1 aromatic rings. The summed E-state index contributed by atoms with van der Waals surface area (Å²) in [4.78, 5) is 23.1. The summed E-state index contributed by atoms with van der Waals surface area (Å²) in [6, 6.07) is 3.05. The van der Waals surface area contributed by atoms with Crippen molar-refractivity contribution >= 4 is 47.7 Å². The average Bonchev–Trinajstić information content (AvgIpc) is 2.90. The number of carbonyl (C=O) groups is 2. The van der Waals surface area contributed by atoms with Crippen molar-refractivity contribution in [3.8, 4) is 0 Å². The first-order valence-corrected chi connectivity index (χ1v) is 12.0. The van der Waals surface area contributed by atoms with Gasteiger partial charge < -0.3 is 10.4 Å². The molecule has 0 spiro atoms. The molecule has 2 N–H and O–H groups in total. The molecule has 1 aliphatic rings. The van der Waals surface area contributed by atoms with Gasteiger partial charge in [-0.25, -0.2) is 21.6 Å². The first-order chi connectivity index (χ1) is 12.5. The van der Waals surface area contributed by atoms with Crippen LogP contribution in [0.2, 0.25) is 0 Å². The van der Waals surface area contributed by atoms with Gasteiger partial charge in [0.15, 0.2) is 9.84 Å². The third-order valence-electron chi connectivity index (χ3n) is 4.08. The molecule has 0 saturated carbocycles. The number of carboxylic acids is 1. The smallest absolute Gasteiger partial charge is 0.336 e. The lowest BCUT2D eigenvalue weighted by Crippen LogP contribution is -2.44. The largest absolute Gasteiger partial charge is 0.478 e. The molecular formula is C15H19BrN2O7S2. The molecule has 1 aromatic carbocycles. The molecule has 0 radical (unpaired) electrons. The van der Waals surface area contributed by atoms with E-state index in [2.05, 4.69) is 21.2 Å². The molecule has 1 fully saturated rings. The number of aromatic carboxylic acids is 1. The summed E-state index contributed by atoms with van der Waals surface area (Å²) < 4.78 is 49.6. The zero-order valence-electron chi connectivity index (χ0n) is 14.4. The van der Waals surface area contributed by atoms with E-state index in [9.17, 15) is 26.4 Å². The molecule has 1 atom stereocenters. The molecule has 1 amide bonds. The summed E-state index contributed by atoms with van der Waals surface area (Å²) in [7, 11) is -7.28.